The largest absolute Gasteiger partial charge is 0.497 e. The molecule has 1 N–H and O–H groups in total. The maximum Gasteiger partial charge on any atom is 0.283 e. The van der Waals surface area contributed by atoms with Gasteiger partial charge in [0.2, 0.25) is 11.1 Å². The van der Waals surface area contributed by atoms with Crippen LogP contribution in [0.5, 0.6) is 5.75 Å². The average Bonchev–Trinajstić information content (AvgIpc) is 3.41. The molecule has 1 saturated heterocycles. The molecule has 0 atom stereocenters. The maximum absolute atomic E-state index is 12.9. The Morgan fingerprint density at radius 1 is 1.19 bits per heavy atom. The molecule has 2 amide bonds. The van der Waals surface area contributed by atoms with Crippen molar-refractivity contribution in [2.45, 2.75) is 39.5 Å². The molecule has 186 valence electrons. The number of amidine groups is 2. The van der Waals surface area contributed by atoms with E-state index >= 15 is 0 Å². The van der Waals surface area contributed by atoms with Crippen molar-refractivity contribution in [2.24, 2.45) is 10.1 Å². The molecule has 4 heterocycles. The molecule has 10 heteroatoms. The van der Waals surface area contributed by atoms with Gasteiger partial charge in [-0.25, -0.2) is 0 Å². The van der Waals surface area contributed by atoms with Crippen LogP contribution < -0.4 is 4.74 Å². The summed E-state index contributed by atoms with van der Waals surface area (Å²) in [5.74, 6) is 0.262. The fourth-order valence-corrected chi connectivity index (χ4v) is 5.60. The van der Waals surface area contributed by atoms with Crippen LogP contribution in [-0.2, 0) is 9.59 Å². The number of ether oxygens (including phenoxy) is 1. The number of hydrazone groups is 1. The van der Waals surface area contributed by atoms with Crippen molar-refractivity contribution in [2.75, 3.05) is 20.2 Å². The molecular formula is C26H28N6O3S. The zero-order valence-corrected chi connectivity index (χ0v) is 21.4. The zero-order chi connectivity index (χ0) is 25.4. The van der Waals surface area contributed by atoms with Crippen LogP contribution in [0, 0.1) is 19.3 Å². The number of thioether (sulfide) groups is 1. The second-order valence-electron chi connectivity index (χ2n) is 9.00. The average molecular weight is 505 g/mol. The number of hydrogen-bond donors (Lipinski definition) is 1. The number of rotatable bonds is 5. The lowest BCUT2D eigenvalue weighted by Crippen LogP contribution is -2.36. The molecule has 5 rings (SSSR count). The first-order valence-electron chi connectivity index (χ1n) is 12.0. The van der Waals surface area contributed by atoms with Gasteiger partial charge >= 0.3 is 0 Å². The molecule has 2 aromatic rings. The first-order chi connectivity index (χ1) is 17.4. The van der Waals surface area contributed by atoms with Crippen LogP contribution in [0.25, 0.3) is 11.8 Å². The second-order valence-corrected chi connectivity index (χ2v) is 10.0. The van der Waals surface area contributed by atoms with Crippen LogP contribution in [0.3, 0.4) is 0 Å². The van der Waals surface area contributed by atoms with Crippen molar-refractivity contribution in [1.29, 1.82) is 5.41 Å². The van der Waals surface area contributed by atoms with Gasteiger partial charge in [0.05, 0.1) is 19.1 Å². The summed E-state index contributed by atoms with van der Waals surface area (Å²) in [6.45, 7) is 5.51. The van der Waals surface area contributed by atoms with E-state index in [0.29, 0.717) is 10.2 Å². The number of nitrogens with zero attached hydrogens (tertiary/aromatic N) is 5. The number of piperidine rings is 1. The Hall–Kier alpha value is -3.66. The number of likely N-dealkylation sites (tertiary alicyclic amines) is 1. The predicted molar refractivity (Wildman–Crippen MR) is 142 cm³/mol. The molecule has 3 aliphatic rings. The molecule has 0 radical (unpaired) electrons. The normalized spacial score (nSPS) is 18.9. The number of aryl methyl sites for hydroxylation is 1. The lowest BCUT2D eigenvalue weighted by molar-refractivity contribution is -0.130. The van der Waals surface area contributed by atoms with E-state index in [0.717, 1.165) is 60.7 Å². The molecular weight excluding hydrogens is 476 g/mol. The highest BCUT2D eigenvalue weighted by Gasteiger charge is 2.36. The topological polar surface area (TPSA) is 103 Å². The third-order valence-corrected chi connectivity index (χ3v) is 7.50. The minimum atomic E-state index is -0.483. The van der Waals surface area contributed by atoms with Crippen molar-refractivity contribution in [3.8, 4) is 11.4 Å². The summed E-state index contributed by atoms with van der Waals surface area (Å²) < 4.78 is 7.44. The monoisotopic (exact) mass is 504 g/mol. The predicted octanol–water partition coefficient (Wildman–Crippen LogP) is 4.12. The number of hydrogen-bond acceptors (Lipinski definition) is 6. The standard InChI is InChI=1S/C26H28N6O3S/c1-16-12-18(17(2)31(16)19-8-7-9-20(14-19)35-3)13-21-24(27)32-26(28-25(21)34)36-22(29-32)15-23(33)30-10-5-4-6-11-30/h7-9,12-14,27H,4-6,10-11,15H2,1-3H3. The van der Waals surface area contributed by atoms with E-state index in [9.17, 15) is 9.59 Å². The van der Waals surface area contributed by atoms with Gasteiger partial charge in [-0.1, -0.05) is 6.07 Å². The summed E-state index contributed by atoms with van der Waals surface area (Å²) in [6, 6.07) is 9.74. The van der Waals surface area contributed by atoms with Gasteiger partial charge in [-0.2, -0.15) is 15.1 Å². The van der Waals surface area contributed by atoms with Crippen molar-refractivity contribution < 1.29 is 14.3 Å². The van der Waals surface area contributed by atoms with Gasteiger partial charge in [-0.3, -0.25) is 15.0 Å². The highest BCUT2D eigenvalue weighted by molar-refractivity contribution is 8.27. The van der Waals surface area contributed by atoms with Crippen LogP contribution in [0.2, 0.25) is 0 Å². The molecule has 1 aromatic carbocycles. The fourth-order valence-electron chi connectivity index (χ4n) is 4.72. The number of benzene rings is 1. The maximum atomic E-state index is 12.9. The van der Waals surface area contributed by atoms with E-state index in [-0.39, 0.29) is 23.7 Å². The number of carbonyl (C=O) groups is 2. The van der Waals surface area contributed by atoms with Crippen LogP contribution in [0.1, 0.15) is 42.6 Å². The number of nitrogens with one attached hydrogen (secondary N) is 1. The Morgan fingerprint density at radius 2 is 1.97 bits per heavy atom. The Labute approximate surface area is 214 Å². The van der Waals surface area contributed by atoms with Crippen molar-refractivity contribution >= 4 is 45.7 Å². The van der Waals surface area contributed by atoms with Crippen LogP contribution in [0.15, 0.2) is 46.0 Å². The van der Waals surface area contributed by atoms with E-state index < -0.39 is 5.91 Å². The van der Waals surface area contributed by atoms with Crippen molar-refractivity contribution in [3.63, 3.8) is 0 Å². The highest BCUT2D eigenvalue weighted by Crippen LogP contribution is 2.31. The Kier molecular flexibility index (Phi) is 6.53. The molecule has 0 spiro atoms. The van der Waals surface area contributed by atoms with E-state index in [1.807, 2.05) is 49.1 Å². The lowest BCUT2D eigenvalue weighted by atomic mass is 10.1. The van der Waals surface area contributed by atoms with Crippen LogP contribution in [0.4, 0.5) is 0 Å². The van der Waals surface area contributed by atoms with Crippen LogP contribution in [-0.4, -0.2) is 62.5 Å². The molecule has 0 aliphatic carbocycles. The number of aliphatic imine (C=N–C) groups is 1. The molecule has 0 saturated carbocycles. The van der Waals surface area contributed by atoms with Gasteiger partial charge in [-0.15, -0.1) is 0 Å². The van der Waals surface area contributed by atoms with Gasteiger partial charge in [0.15, 0.2) is 5.84 Å². The first-order valence-corrected chi connectivity index (χ1v) is 12.8. The smallest absolute Gasteiger partial charge is 0.283 e. The highest BCUT2D eigenvalue weighted by atomic mass is 32.2. The molecule has 1 aromatic heterocycles. The molecule has 1 fully saturated rings. The minimum absolute atomic E-state index is 0.0278. The van der Waals surface area contributed by atoms with E-state index in [1.165, 1.54) is 16.8 Å². The first kappa shape index (κ1) is 24.1. The van der Waals surface area contributed by atoms with Gasteiger partial charge < -0.3 is 14.2 Å². The molecule has 0 unspecified atom stereocenters. The van der Waals surface area contributed by atoms with Gasteiger partial charge in [0.1, 0.15) is 10.8 Å². The second kappa shape index (κ2) is 9.77. The number of fused-ring (bicyclic) bond motifs is 1. The molecule has 0 bridgehead atoms. The van der Waals surface area contributed by atoms with Gasteiger partial charge in [0, 0.05) is 36.2 Å². The number of carbonyl (C=O) groups excluding carboxylic acids is 2. The third-order valence-electron chi connectivity index (χ3n) is 6.59. The molecule has 3 aliphatic heterocycles. The quantitative estimate of drug-likeness (QED) is 0.617. The summed E-state index contributed by atoms with van der Waals surface area (Å²) in [5.41, 5.74) is 3.84. The summed E-state index contributed by atoms with van der Waals surface area (Å²) in [5, 5.41) is 15.4. The number of amides is 2. The Balaban J connectivity index is 1.40. The van der Waals surface area contributed by atoms with Gasteiger partial charge in [0.25, 0.3) is 5.91 Å². The number of methoxy groups -OCH3 is 1. The Morgan fingerprint density at radius 3 is 2.72 bits per heavy atom. The summed E-state index contributed by atoms with van der Waals surface area (Å²) >= 11 is 1.19. The zero-order valence-electron chi connectivity index (χ0n) is 20.6. The van der Waals surface area contributed by atoms with Gasteiger partial charge in [-0.05, 0) is 74.7 Å². The van der Waals surface area contributed by atoms with Crippen LogP contribution >= 0.6 is 11.8 Å². The van der Waals surface area contributed by atoms with E-state index in [1.54, 1.807) is 13.2 Å². The van der Waals surface area contributed by atoms with Crippen molar-refractivity contribution in [1.82, 2.24) is 14.5 Å². The lowest BCUT2D eigenvalue weighted by Gasteiger charge is -2.26. The van der Waals surface area contributed by atoms with E-state index in [2.05, 4.69) is 14.7 Å². The minimum Gasteiger partial charge on any atom is -0.497 e. The third kappa shape index (κ3) is 4.48. The Bertz CT molecular complexity index is 1350. The van der Waals surface area contributed by atoms with E-state index in [4.69, 9.17) is 10.1 Å². The number of aromatic nitrogens is 1. The summed E-state index contributed by atoms with van der Waals surface area (Å²) in [7, 11) is 1.63. The van der Waals surface area contributed by atoms with Crippen molar-refractivity contribution in [3.05, 3.63) is 52.9 Å². The summed E-state index contributed by atoms with van der Waals surface area (Å²) in [4.78, 5) is 31.6. The SMILES string of the molecule is COc1cccc(-n2c(C)cc(C=C3C(=N)N4N=C(CC(=O)N5CCCCC5)SC4=NC3=O)c2C)c1. The molecule has 36 heavy (non-hydrogen) atoms. The molecule has 9 nitrogen and oxygen atoms in total. The fraction of sp³-hybridized carbons (Fsp3) is 0.346. The summed E-state index contributed by atoms with van der Waals surface area (Å²) in [6.07, 6.45) is 5.05.